The van der Waals surface area contributed by atoms with Gasteiger partial charge in [0.05, 0.1) is 6.04 Å². The summed E-state index contributed by atoms with van der Waals surface area (Å²) in [7, 11) is 0. The first-order valence-electron chi connectivity index (χ1n) is 9.88. The summed E-state index contributed by atoms with van der Waals surface area (Å²) in [5.41, 5.74) is 0.660. The zero-order chi connectivity index (χ0) is 18.8. The zero-order valence-electron chi connectivity index (χ0n) is 15.7. The van der Waals surface area contributed by atoms with Crippen LogP contribution in [0.25, 0.3) is 0 Å². The van der Waals surface area contributed by atoms with Gasteiger partial charge in [0.2, 0.25) is 5.91 Å². The molecule has 6 nitrogen and oxygen atoms in total. The summed E-state index contributed by atoms with van der Waals surface area (Å²) in [5.74, 6) is 1.98. The van der Waals surface area contributed by atoms with Crippen molar-refractivity contribution in [2.45, 2.75) is 51.0 Å². The highest BCUT2D eigenvalue weighted by atomic mass is 19.1. The lowest BCUT2D eigenvalue weighted by atomic mass is 9.93. The lowest BCUT2D eigenvalue weighted by Crippen LogP contribution is -2.54. The fourth-order valence-electron chi connectivity index (χ4n) is 4.22. The lowest BCUT2D eigenvalue weighted by Gasteiger charge is -2.41. The van der Waals surface area contributed by atoms with Crippen molar-refractivity contribution in [1.29, 1.82) is 0 Å². The van der Waals surface area contributed by atoms with Crippen LogP contribution >= 0.6 is 0 Å². The van der Waals surface area contributed by atoms with E-state index in [2.05, 4.69) is 27.0 Å². The molecular formula is C20H26FN5O. The molecule has 27 heavy (non-hydrogen) atoms. The van der Waals surface area contributed by atoms with Gasteiger partial charge in [-0.05, 0) is 57.0 Å². The number of anilines is 1. The smallest absolute Gasteiger partial charge is 0.244 e. The van der Waals surface area contributed by atoms with Crippen molar-refractivity contribution in [3.63, 3.8) is 0 Å². The first-order valence-corrected chi connectivity index (χ1v) is 9.88. The van der Waals surface area contributed by atoms with Crippen molar-refractivity contribution in [3.05, 3.63) is 41.7 Å². The molecule has 0 bridgehead atoms. The fraction of sp³-hybridized carbons (Fsp3) is 0.550. The second-order valence-corrected chi connectivity index (χ2v) is 7.43. The van der Waals surface area contributed by atoms with Gasteiger partial charge in [-0.15, -0.1) is 0 Å². The second kappa shape index (κ2) is 7.76. The molecule has 2 fully saturated rings. The molecule has 144 valence electrons. The highest BCUT2D eigenvalue weighted by Gasteiger charge is 2.36. The van der Waals surface area contributed by atoms with Gasteiger partial charge in [0.15, 0.2) is 5.82 Å². The number of benzene rings is 1. The molecule has 2 aliphatic heterocycles. The van der Waals surface area contributed by atoms with Gasteiger partial charge in [0, 0.05) is 24.6 Å². The van der Waals surface area contributed by atoms with Crippen LogP contribution in [0, 0.1) is 5.82 Å². The summed E-state index contributed by atoms with van der Waals surface area (Å²) >= 11 is 0. The maximum Gasteiger partial charge on any atom is 0.244 e. The average molecular weight is 371 g/mol. The van der Waals surface area contributed by atoms with Gasteiger partial charge in [-0.3, -0.25) is 14.8 Å². The number of piperidine rings is 2. The van der Waals surface area contributed by atoms with E-state index in [9.17, 15) is 9.18 Å². The van der Waals surface area contributed by atoms with E-state index >= 15 is 0 Å². The minimum Gasteiger partial charge on any atom is -0.311 e. The molecule has 0 saturated carbocycles. The van der Waals surface area contributed by atoms with Gasteiger partial charge >= 0.3 is 0 Å². The van der Waals surface area contributed by atoms with Crippen molar-refractivity contribution < 1.29 is 9.18 Å². The summed E-state index contributed by atoms with van der Waals surface area (Å²) in [6.45, 7) is 4.46. The van der Waals surface area contributed by atoms with Crippen LogP contribution in [0.1, 0.15) is 50.2 Å². The van der Waals surface area contributed by atoms with Gasteiger partial charge in [-0.2, -0.15) is 5.10 Å². The highest BCUT2D eigenvalue weighted by molar-refractivity contribution is 5.97. The third-order valence-corrected chi connectivity index (χ3v) is 5.75. The van der Waals surface area contributed by atoms with E-state index in [1.165, 1.54) is 12.1 Å². The number of rotatable bonds is 4. The van der Waals surface area contributed by atoms with Gasteiger partial charge in [0.25, 0.3) is 0 Å². The van der Waals surface area contributed by atoms with Crippen LogP contribution in [0.15, 0.2) is 24.3 Å². The number of H-pyrrole nitrogens is 1. The summed E-state index contributed by atoms with van der Waals surface area (Å²) in [4.78, 5) is 21.7. The molecule has 1 N–H and O–H groups in total. The van der Waals surface area contributed by atoms with Crippen molar-refractivity contribution in [2.24, 2.45) is 0 Å². The quantitative estimate of drug-likeness (QED) is 0.898. The molecular weight excluding hydrogens is 345 g/mol. The number of nitrogens with zero attached hydrogens (tertiary/aromatic N) is 4. The van der Waals surface area contributed by atoms with Crippen LogP contribution in [-0.4, -0.2) is 51.7 Å². The fourth-order valence-corrected chi connectivity index (χ4v) is 4.22. The molecule has 0 spiro atoms. The maximum atomic E-state index is 13.6. The Hall–Kier alpha value is -2.28. The standard InChI is InChI=1S/C20H26FN5O/c1-2-18-22-19(24-23-18)14-8-11-25(12-9-14)17-7-4-10-26(20(17)27)16-6-3-5-15(21)13-16/h3,5-6,13-14,17H,2,4,7-12H2,1H3,(H,22,23,24)/t17-/m0/s1. The van der Waals surface area contributed by atoms with E-state index in [1.54, 1.807) is 11.0 Å². The molecule has 0 aliphatic carbocycles. The van der Waals surface area contributed by atoms with E-state index in [0.717, 1.165) is 56.8 Å². The van der Waals surface area contributed by atoms with Crippen molar-refractivity contribution in [1.82, 2.24) is 20.1 Å². The Morgan fingerprint density at radius 3 is 2.74 bits per heavy atom. The van der Waals surface area contributed by atoms with Gasteiger partial charge in [-0.25, -0.2) is 9.37 Å². The number of hydrogen-bond donors (Lipinski definition) is 1. The second-order valence-electron chi connectivity index (χ2n) is 7.43. The third kappa shape index (κ3) is 3.74. The molecule has 2 aliphatic rings. The van der Waals surface area contributed by atoms with Crippen molar-refractivity contribution in [3.8, 4) is 0 Å². The maximum absolute atomic E-state index is 13.6. The van der Waals surface area contributed by atoms with E-state index < -0.39 is 0 Å². The van der Waals surface area contributed by atoms with E-state index in [1.807, 2.05) is 6.07 Å². The number of hydrogen-bond acceptors (Lipinski definition) is 4. The molecule has 1 aromatic heterocycles. The number of aromatic nitrogens is 3. The Bertz CT molecular complexity index is 799. The van der Waals surface area contributed by atoms with E-state index in [-0.39, 0.29) is 17.8 Å². The van der Waals surface area contributed by atoms with Crippen LogP contribution in [0.5, 0.6) is 0 Å². The molecule has 4 rings (SSSR count). The minimum atomic E-state index is -0.304. The van der Waals surface area contributed by atoms with Gasteiger partial charge in [0.1, 0.15) is 11.6 Å². The van der Waals surface area contributed by atoms with Gasteiger partial charge < -0.3 is 4.90 Å². The number of likely N-dealkylation sites (tertiary alicyclic amines) is 1. The summed E-state index contributed by atoms with van der Waals surface area (Å²) in [5, 5.41) is 7.35. The van der Waals surface area contributed by atoms with Crippen LogP contribution in [0.2, 0.25) is 0 Å². The number of aryl methyl sites for hydroxylation is 1. The Labute approximate surface area is 158 Å². The largest absolute Gasteiger partial charge is 0.311 e. The zero-order valence-corrected chi connectivity index (χ0v) is 15.7. The Balaban J connectivity index is 1.41. The van der Waals surface area contributed by atoms with Crippen molar-refractivity contribution >= 4 is 11.6 Å². The molecule has 2 saturated heterocycles. The SMILES string of the molecule is CCc1nc(C2CCN([C@H]3CCCN(c4cccc(F)c4)C3=O)CC2)n[nH]1. The predicted molar refractivity (Wildman–Crippen MR) is 101 cm³/mol. The molecule has 7 heteroatoms. The topological polar surface area (TPSA) is 65.1 Å². The average Bonchev–Trinajstić information content (AvgIpc) is 3.18. The van der Waals surface area contributed by atoms with Crippen LogP contribution in [-0.2, 0) is 11.2 Å². The lowest BCUT2D eigenvalue weighted by molar-refractivity contribution is -0.125. The Morgan fingerprint density at radius 1 is 1.22 bits per heavy atom. The van der Waals surface area contributed by atoms with Gasteiger partial charge in [-0.1, -0.05) is 13.0 Å². The van der Waals surface area contributed by atoms with Crippen LogP contribution in [0.3, 0.4) is 0 Å². The highest BCUT2D eigenvalue weighted by Crippen LogP contribution is 2.30. The number of carbonyl (C=O) groups excluding carboxylic acids is 1. The van der Waals surface area contributed by atoms with Crippen molar-refractivity contribution in [2.75, 3.05) is 24.5 Å². The van der Waals surface area contributed by atoms with E-state index in [0.29, 0.717) is 18.2 Å². The molecule has 1 amide bonds. The number of nitrogens with one attached hydrogen (secondary N) is 1. The molecule has 1 aromatic carbocycles. The predicted octanol–water partition coefficient (Wildman–Crippen LogP) is 2.88. The third-order valence-electron chi connectivity index (χ3n) is 5.75. The number of carbonyl (C=O) groups is 1. The first-order chi connectivity index (χ1) is 13.2. The normalized spacial score (nSPS) is 22.4. The van der Waals surface area contributed by atoms with E-state index in [4.69, 9.17) is 0 Å². The summed E-state index contributed by atoms with van der Waals surface area (Å²) < 4.78 is 13.6. The Morgan fingerprint density at radius 2 is 2.04 bits per heavy atom. The molecule has 3 heterocycles. The van der Waals surface area contributed by atoms with Crippen LogP contribution < -0.4 is 4.90 Å². The monoisotopic (exact) mass is 371 g/mol. The first kappa shape index (κ1) is 18.1. The minimum absolute atomic E-state index is 0.0939. The summed E-state index contributed by atoms with van der Waals surface area (Å²) in [6.07, 6.45) is 4.59. The number of aromatic amines is 1. The number of amides is 1. The van der Waals surface area contributed by atoms with Crippen LogP contribution in [0.4, 0.5) is 10.1 Å². The number of halogens is 1. The molecule has 0 radical (unpaired) electrons. The molecule has 2 aromatic rings. The summed E-state index contributed by atoms with van der Waals surface area (Å²) in [6, 6.07) is 6.22. The Kier molecular flexibility index (Phi) is 5.20. The molecule has 0 unspecified atom stereocenters. The molecule has 1 atom stereocenters.